The largest absolute Gasteiger partial charge is 0.294 e. The number of carbonyl (C=O) groups is 1. The van der Waals surface area contributed by atoms with Crippen LogP contribution in [-0.4, -0.2) is 10.8 Å². The summed E-state index contributed by atoms with van der Waals surface area (Å²) in [5.41, 5.74) is 5.07. The molecule has 0 bridgehead atoms. The third kappa shape index (κ3) is 1.76. The van der Waals surface area contributed by atoms with E-state index in [0.717, 1.165) is 28.9 Å². The summed E-state index contributed by atoms with van der Waals surface area (Å²) >= 11 is 0. The highest BCUT2D eigenvalue weighted by Gasteiger charge is 2.20. The number of hydrogen-bond donors (Lipinski definition) is 0. The Morgan fingerprint density at radius 2 is 1.76 bits per heavy atom. The van der Waals surface area contributed by atoms with Crippen LogP contribution in [0.1, 0.15) is 28.0 Å². The minimum Gasteiger partial charge on any atom is -0.294 e. The number of benzene rings is 1. The molecule has 3 rings (SSSR count). The van der Waals surface area contributed by atoms with Gasteiger partial charge in [-0.3, -0.25) is 9.78 Å². The van der Waals surface area contributed by atoms with E-state index in [-0.39, 0.29) is 5.78 Å². The molecule has 84 valence electrons. The lowest BCUT2D eigenvalue weighted by Crippen LogP contribution is -1.94. The molecule has 0 unspecified atom stereocenters. The average molecular weight is 223 g/mol. The number of aromatic nitrogens is 1. The molecule has 1 aromatic carbocycles. The molecule has 2 nitrogen and oxygen atoms in total. The summed E-state index contributed by atoms with van der Waals surface area (Å²) in [7, 11) is 0. The van der Waals surface area contributed by atoms with Gasteiger partial charge in [0.05, 0.1) is 11.4 Å². The zero-order valence-electron chi connectivity index (χ0n) is 9.73. The Hall–Kier alpha value is -1.96. The van der Waals surface area contributed by atoms with Crippen LogP contribution in [0.15, 0.2) is 36.4 Å². The molecule has 1 aliphatic rings. The van der Waals surface area contributed by atoms with E-state index in [4.69, 9.17) is 0 Å². The molecule has 0 spiro atoms. The lowest BCUT2D eigenvalue weighted by atomic mass is 10.1. The minimum absolute atomic E-state index is 0.225. The second-order valence-corrected chi connectivity index (χ2v) is 4.48. The second-order valence-electron chi connectivity index (χ2n) is 4.48. The number of nitrogens with zero attached hydrogens (tertiary/aromatic N) is 1. The van der Waals surface area contributed by atoms with Crippen LogP contribution in [-0.2, 0) is 6.42 Å². The van der Waals surface area contributed by atoms with Crippen molar-refractivity contribution in [3.8, 4) is 11.3 Å². The van der Waals surface area contributed by atoms with E-state index < -0.39 is 0 Å². The van der Waals surface area contributed by atoms with E-state index in [0.29, 0.717) is 6.42 Å². The van der Waals surface area contributed by atoms with Crippen molar-refractivity contribution in [3.63, 3.8) is 0 Å². The fraction of sp³-hybridized carbons (Fsp3) is 0.200. The first-order valence-corrected chi connectivity index (χ1v) is 5.84. The van der Waals surface area contributed by atoms with Crippen molar-refractivity contribution in [2.75, 3.05) is 0 Å². The summed E-state index contributed by atoms with van der Waals surface area (Å²) < 4.78 is 0. The molecule has 2 heteroatoms. The van der Waals surface area contributed by atoms with Gasteiger partial charge >= 0.3 is 0 Å². The number of Topliss-reactive ketones (excluding diaryl/α,β-unsaturated/α-hetero) is 1. The highest BCUT2D eigenvalue weighted by Crippen LogP contribution is 2.24. The fourth-order valence-corrected chi connectivity index (χ4v) is 2.20. The molecule has 2 aromatic rings. The van der Waals surface area contributed by atoms with Gasteiger partial charge in [-0.2, -0.15) is 0 Å². The number of hydrogen-bond acceptors (Lipinski definition) is 2. The van der Waals surface area contributed by atoms with E-state index in [9.17, 15) is 4.79 Å². The summed E-state index contributed by atoms with van der Waals surface area (Å²) in [6.45, 7) is 2.07. The molecular formula is C15H13NO. The van der Waals surface area contributed by atoms with E-state index in [2.05, 4.69) is 36.2 Å². The fourth-order valence-electron chi connectivity index (χ4n) is 2.20. The highest BCUT2D eigenvalue weighted by atomic mass is 16.1. The standard InChI is InChI=1S/C15H13NO/c1-10-2-4-11(5-3-10)13-7-6-12-14(16-13)8-9-15(12)17/h2-7H,8-9H2,1H3. The zero-order chi connectivity index (χ0) is 11.8. The summed E-state index contributed by atoms with van der Waals surface area (Å²) in [6.07, 6.45) is 1.40. The van der Waals surface area contributed by atoms with E-state index in [1.165, 1.54) is 5.56 Å². The molecule has 0 N–H and O–H groups in total. The molecule has 0 radical (unpaired) electrons. The Kier molecular flexibility index (Phi) is 2.29. The molecule has 0 aliphatic heterocycles. The summed E-state index contributed by atoms with van der Waals surface area (Å²) in [5, 5.41) is 0. The van der Waals surface area contributed by atoms with E-state index in [1.54, 1.807) is 0 Å². The number of fused-ring (bicyclic) bond motifs is 1. The Labute approximate surface area is 100 Å². The molecule has 0 saturated carbocycles. The smallest absolute Gasteiger partial charge is 0.165 e. The Morgan fingerprint density at radius 1 is 1.00 bits per heavy atom. The second kappa shape index (κ2) is 3.81. The van der Waals surface area contributed by atoms with Gasteiger partial charge < -0.3 is 0 Å². The predicted molar refractivity (Wildman–Crippen MR) is 67.1 cm³/mol. The Balaban J connectivity index is 2.05. The maximum absolute atomic E-state index is 11.5. The number of rotatable bonds is 1. The van der Waals surface area contributed by atoms with Crippen LogP contribution >= 0.6 is 0 Å². The Bertz CT molecular complexity index is 584. The number of pyridine rings is 1. The molecule has 1 aromatic heterocycles. The van der Waals surface area contributed by atoms with Crippen LogP contribution in [0.25, 0.3) is 11.3 Å². The molecule has 0 atom stereocenters. The van der Waals surface area contributed by atoms with Gasteiger partial charge in [-0.15, -0.1) is 0 Å². The number of aryl methyl sites for hydroxylation is 2. The van der Waals surface area contributed by atoms with Gasteiger partial charge in [0.1, 0.15) is 0 Å². The molecular weight excluding hydrogens is 210 g/mol. The monoisotopic (exact) mass is 223 g/mol. The third-order valence-electron chi connectivity index (χ3n) is 3.21. The molecule has 17 heavy (non-hydrogen) atoms. The van der Waals surface area contributed by atoms with Crippen molar-refractivity contribution >= 4 is 5.78 Å². The minimum atomic E-state index is 0.225. The predicted octanol–water partition coefficient (Wildman–Crippen LogP) is 3.19. The third-order valence-corrected chi connectivity index (χ3v) is 3.21. The lowest BCUT2D eigenvalue weighted by molar-refractivity contribution is 0.0994. The topological polar surface area (TPSA) is 30.0 Å². The lowest BCUT2D eigenvalue weighted by Gasteiger charge is -2.04. The van der Waals surface area contributed by atoms with Crippen LogP contribution in [0.2, 0.25) is 0 Å². The quantitative estimate of drug-likeness (QED) is 0.743. The first-order chi connectivity index (χ1) is 8.24. The molecule has 0 saturated heterocycles. The molecule has 1 heterocycles. The highest BCUT2D eigenvalue weighted by molar-refractivity contribution is 6.00. The molecule has 0 fully saturated rings. The number of ketones is 1. The van der Waals surface area contributed by atoms with E-state index in [1.807, 2.05) is 12.1 Å². The van der Waals surface area contributed by atoms with Crippen LogP contribution in [0, 0.1) is 6.92 Å². The van der Waals surface area contributed by atoms with Gasteiger partial charge in [-0.05, 0) is 25.5 Å². The Morgan fingerprint density at radius 3 is 2.53 bits per heavy atom. The normalized spacial score (nSPS) is 13.8. The van der Waals surface area contributed by atoms with Gasteiger partial charge in [-0.25, -0.2) is 0 Å². The van der Waals surface area contributed by atoms with Gasteiger partial charge in [0.2, 0.25) is 0 Å². The zero-order valence-corrected chi connectivity index (χ0v) is 9.73. The van der Waals surface area contributed by atoms with Crippen molar-refractivity contribution in [2.45, 2.75) is 19.8 Å². The van der Waals surface area contributed by atoms with Crippen molar-refractivity contribution in [2.24, 2.45) is 0 Å². The maximum Gasteiger partial charge on any atom is 0.165 e. The first-order valence-electron chi connectivity index (χ1n) is 5.84. The van der Waals surface area contributed by atoms with Gasteiger partial charge in [0.15, 0.2) is 5.78 Å². The summed E-state index contributed by atoms with van der Waals surface area (Å²) in [6, 6.07) is 12.1. The van der Waals surface area contributed by atoms with Gasteiger partial charge in [-0.1, -0.05) is 29.8 Å². The van der Waals surface area contributed by atoms with Crippen LogP contribution in [0.4, 0.5) is 0 Å². The van der Waals surface area contributed by atoms with Crippen molar-refractivity contribution in [1.29, 1.82) is 0 Å². The van der Waals surface area contributed by atoms with Crippen molar-refractivity contribution in [1.82, 2.24) is 4.98 Å². The van der Waals surface area contributed by atoms with Gasteiger partial charge in [0, 0.05) is 17.5 Å². The van der Waals surface area contributed by atoms with Crippen LogP contribution in [0.5, 0.6) is 0 Å². The summed E-state index contributed by atoms with van der Waals surface area (Å²) in [5.74, 6) is 0.225. The number of carbonyl (C=O) groups excluding carboxylic acids is 1. The summed E-state index contributed by atoms with van der Waals surface area (Å²) in [4.78, 5) is 16.1. The molecule has 0 amide bonds. The SMILES string of the molecule is Cc1ccc(-c2ccc3c(n2)CCC3=O)cc1. The van der Waals surface area contributed by atoms with Crippen LogP contribution in [0.3, 0.4) is 0 Å². The van der Waals surface area contributed by atoms with E-state index >= 15 is 0 Å². The van der Waals surface area contributed by atoms with Crippen molar-refractivity contribution < 1.29 is 4.79 Å². The molecule has 1 aliphatic carbocycles. The average Bonchev–Trinajstić information content (AvgIpc) is 2.72. The van der Waals surface area contributed by atoms with Crippen molar-refractivity contribution in [3.05, 3.63) is 53.2 Å². The maximum atomic E-state index is 11.5. The van der Waals surface area contributed by atoms with Gasteiger partial charge in [0.25, 0.3) is 0 Å². The first kappa shape index (κ1) is 10.2. The van der Waals surface area contributed by atoms with Crippen LogP contribution < -0.4 is 0 Å².